The number of benzene rings is 1. The number of methoxy groups -OCH3 is 1. The van der Waals surface area contributed by atoms with Gasteiger partial charge in [-0.15, -0.1) is 0 Å². The number of rotatable bonds is 4. The molecule has 4 aliphatic rings. The number of fused-ring (bicyclic) bond motifs is 2. The van der Waals surface area contributed by atoms with Crippen LogP contribution in [-0.2, 0) is 9.84 Å². The Balaban J connectivity index is 1.51. The number of ether oxygens (including phenoxy) is 1. The lowest BCUT2D eigenvalue weighted by Crippen LogP contribution is -2.44. The van der Waals surface area contributed by atoms with Crippen molar-refractivity contribution in [2.24, 2.45) is 0 Å². The topological polar surface area (TPSA) is 88.6 Å². The van der Waals surface area contributed by atoms with Crippen LogP contribution < -0.4 is 10.1 Å². The number of carbonyl (C=O) groups excluding carboxylic acids is 1. The zero-order chi connectivity index (χ0) is 22.5. The Kier molecular flexibility index (Phi) is 5.53. The molecular weight excluding hydrogens is 450 g/mol. The molecule has 0 radical (unpaired) electrons. The lowest BCUT2D eigenvalue weighted by Gasteiger charge is -2.40. The van der Waals surface area contributed by atoms with E-state index in [-0.39, 0.29) is 30.5 Å². The van der Waals surface area contributed by atoms with E-state index in [9.17, 15) is 13.2 Å². The van der Waals surface area contributed by atoms with Gasteiger partial charge in [0.05, 0.1) is 35.5 Å². The van der Waals surface area contributed by atoms with E-state index in [4.69, 9.17) is 16.3 Å². The van der Waals surface area contributed by atoms with Gasteiger partial charge in [0.1, 0.15) is 11.4 Å². The Hall–Kier alpha value is -2.32. The second-order valence-electron chi connectivity index (χ2n) is 8.81. The molecule has 0 spiro atoms. The van der Waals surface area contributed by atoms with Gasteiger partial charge in [0.25, 0.3) is 5.91 Å². The van der Waals surface area contributed by atoms with E-state index in [0.717, 1.165) is 42.6 Å². The highest BCUT2D eigenvalue weighted by Crippen LogP contribution is 2.53. The van der Waals surface area contributed by atoms with E-state index in [1.54, 1.807) is 24.3 Å². The molecule has 1 saturated carbocycles. The van der Waals surface area contributed by atoms with Crippen molar-refractivity contribution in [2.45, 2.75) is 37.5 Å². The summed E-state index contributed by atoms with van der Waals surface area (Å²) in [4.78, 5) is 19.6. The van der Waals surface area contributed by atoms with Crippen LogP contribution in [0, 0.1) is 0 Å². The normalized spacial score (nSPS) is 23.5. The fraction of sp³-hybridized carbons (Fsp3) is 0.478. The maximum atomic E-state index is 13.4. The quantitative estimate of drug-likeness (QED) is 0.715. The van der Waals surface area contributed by atoms with Crippen molar-refractivity contribution >= 4 is 38.7 Å². The van der Waals surface area contributed by atoms with Crippen LogP contribution in [-0.4, -0.2) is 55.9 Å². The monoisotopic (exact) mass is 475 g/mol. The molecule has 0 atom stereocenters. The highest BCUT2D eigenvalue weighted by molar-refractivity contribution is 7.91. The van der Waals surface area contributed by atoms with Crippen LogP contribution in [0.2, 0.25) is 5.02 Å². The summed E-state index contributed by atoms with van der Waals surface area (Å²) in [6, 6.07) is 5.53. The Bertz CT molecular complexity index is 1160. The van der Waals surface area contributed by atoms with E-state index in [1.165, 1.54) is 5.56 Å². The summed E-state index contributed by atoms with van der Waals surface area (Å²) >= 11 is 6.17. The molecule has 1 aromatic heterocycles. The van der Waals surface area contributed by atoms with Crippen molar-refractivity contribution < 1.29 is 17.9 Å². The standard InChI is InChI=1S/C23H26ClN3O4S/c1-31-19-12-16(6-7-17(19)24)26-18-13-25-22(21-15-4-2-14(3-5-15)20(18)21)23(28)27-8-10-32(29,30)11-9-27/h6-7,12-15,26H,2-5,8-11H2,1H3. The summed E-state index contributed by atoms with van der Waals surface area (Å²) in [6.45, 7) is 0.465. The molecule has 3 aliphatic carbocycles. The number of anilines is 2. The summed E-state index contributed by atoms with van der Waals surface area (Å²) in [5.74, 6) is 1.19. The number of hydrogen-bond acceptors (Lipinski definition) is 6. The van der Waals surface area contributed by atoms with Crippen LogP contribution >= 0.6 is 11.6 Å². The zero-order valence-electron chi connectivity index (χ0n) is 17.9. The first-order valence-corrected chi connectivity index (χ1v) is 13.2. The molecular formula is C23H26ClN3O4S. The number of nitrogens with one attached hydrogen (secondary N) is 1. The number of amides is 1. The second kappa shape index (κ2) is 8.23. The second-order valence-corrected chi connectivity index (χ2v) is 11.5. The predicted molar refractivity (Wildman–Crippen MR) is 124 cm³/mol. The Morgan fingerprint density at radius 1 is 1.12 bits per heavy atom. The van der Waals surface area contributed by atoms with E-state index < -0.39 is 9.84 Å². The first-order valence-electron chi connectivity index (χ1n) is 11.0. The maximum absolute atomic E-state index is 13.4. The highest BCUT2D eigenvalue weighted by atomic mass is 35.5. The molecule has 1 N–H and O–H groups in total. The molecule has 1 aliphatic heterocycles. The molecule has 0 unspecified atom stereocenters. The molecule has 7 nitrogen and oxygen atoms in total. The van der Waals surface area contributed by atoms with Crippen LogP contribution in [0.4, 0.5) is 11.4 Å². The van der Waals surface area contributed by atoms with Gasteiger partial charge in [-0.05, 0) is 60.8 Å². The number of carbonyl (C=O) groups is 1. The fourth-order valence-electron chi connectivity index (χ4n) is 5.29. The van der Waals surface area contributed by atoms with Crippen molar-refractivity contribution in [2.75, 3.05) is 37.0 Å². The van der Waals surface area contributed by atoms with Crippen LogP contribution in [0.3, 0.4) is 0 Å². The summed E-state index contributed by atoms with van der Waals surface area (Å²) < 4.78 is 28.9. The van der Waals surface area contributed by atoms with Crippen LogP contribution in [0.25, 0.3) is 0 Å². The van der Waals surface area contributed by atoms with E-state index in [1.807, 2.05) is 12.1 Å². The molecule has 1 saturated heterocycles. The molecule has 1 aromatic carbocycles. The van der Waals surface area contributed by atoms with Gasteiger partial charge in [0, 0.05) is 24.8 Å². The van der Waals surface area contributed by atoms with Crippen molar-refractivity contribution in [3.8, 4) is 5.75 Å². The van der Waals surface area contributed by atoms with Crippen LogP contribution in [0.1, 0.15) is 59.1 Å². The number of nitrogens with zero attached hydrogens (tertiary/aromatic N) is 2. The summed E-state index contributed by atoms with van der Waals surface area (Å²) in [6.07, 6.45) is 6.08. The van der Waals surface area contributed by atoms with Crippen LogP contribution in [0.5, 0.6) is 5.75 Å². The zero-order valence-corrected chi connectivity index (χ0v) is 19.5. The predicted octanol–water partition coefficient (Wildman–Crippen LogP) is 4.11. The van der Waals surface area contributed by atoms with Gasteiger partial charge >= 0.3 is 0 Å². The van der Waals surface area contributed by atoms with E-state index in [0.29, 0.717) is 28.3 Å². The lowest BCUT2D eigenvalue weighted by molar-refractivity contribution is 0.0761. The molecule has 2 aromatic rings. The Labute approximate surface area is 193 Å². The average Bonchev–Trinajstić information content (AvgIpc) is 2.80. The molecule has 2 fully saturated rings. The molecule has 32 heavy (non-hydrogen) atoms. The number of aromatic nitrogens is 1. The number of hydrogen-bond donors (Lipinski definition) is 1. The van der Waals surface area contributed by atoms with Gasteiger partial charge < -0.3 is 15.0 Å². The Morgan fingerprint density at radius 2 is 1.78 bits per heavy atom. The third-order valence-electron chi connectivity index (χ3n) is 6.97. The SMILES string of the molecule is COc1cc(Nc2cnc(C(=O)N3CCS(=O)(=O)CC3)c3c2C2CCC3CC2)ccc1Cl. The minimum absolute atomic E-state index is 0.0189. The van der Waals surface area contributed by atoms with Crippen LogP contribution in [0.15, 0.2) is 24.4 Å². The highest BCUT2D eigenvalue weighted by Gasteiger charge is 2.39. The third-order valence-corrected chi connectivity index (χ3v) is 8.89. The van der Waals surface area contributed by atoms with Crippen molar-refractivity contribution in [3.63, 3.8) is 0 Å². The maximum Gasteiger partial charge on any atom is 0.272 e. The Morgan fingerprint density at radius 3 is 2.44 bits per heavy atom. The molecule has 9 heteroatoms. The van der Waals surface area contributed by atoms with Gasteiger partial charge in [0.2, 0.25) is 0 Å². The van der Waals surface area contributed by atoms with Crippen molar-refractivity contribution in [3.05, 3.63) is 46.2 Å². The van der Waals surface area contributed by atoms with Crippen molar-refractivity contribution in [1.29, 1.82) is 0 Å². The number of halogens is 1. The smallest absolute Gasteiger partial charge is 0.272 e. The number of pyridine rings is 1. The summed E-state index contributed by atoms with van der Waals surface area (Å²) in [5.41, 5.74) is 4.49. The largest absolute Gasteiger partial charge is 0.495 e. The summed E-state index contributed by atoms with van der Waals surface area (Å²) in [5, 5.41) is 4.01. The average molecular weight is 476 g/mol. The van der Waals surface area contributed by atoms with Gasteiger partial charge in [-0.3, -0.25) is 4.79 Å². The van der Waals surface area contributed by atoms with E-state index >= 15 is 0 Å². The van der Waals surface area contributed by atoms with Crippen molar-refractivity contribution in [1.82, 2.24) is 9.88 Å². The molecule has 1 amide bonds. The lowest BCUT2D eigenvalue weighted by atomic mass is 9.66. The van der Waals surface area contributed by atoms with Gasteiger partial charge in [-0.25, -0.2) is 13.4 Å². The summed E-state index contributed by atoms with van der Waals surface area (Å²) in [7, 11) is -1.47. The molecule has 6 rings (SSSR count). The minimum Gasteiger partial charge on any atom is -0.495 e. The van der Waals surface area contributed by atoms with Gasteiger partial charge in [-0.2, -0.15) is 0 Å². The number of sulfone groups is 1. The minimum atomic E-state index is -3.05. The first kappa shape index (κ1) is 21.5. The van der Waals surface area contributed by atoms with Gasteiger partial charge in [0.15, 0.2) is 9.84 Å². The van der Waals surface area contributed by atoms with Gasteiger partial charge in [-0.1, -0.05) is 11.6 Å². The molecule has 2 bridgehead atoms. The fourth-order valence-corrected chi connectivity index (χ4v) is 6.69. The first-order chi connectivity index (χ1) is 15.4. The molecule has 2 heterocycles. The van der Waals surface area contributed by atoms with E-state index in [2.05, 4.69) is 10.3 Å². The third kappa shape index (κ3) is 3.83. The molecule has 170 valence electrons.